The lowest BCUT2D eigenvalue weighted by molar-refractivity contribution is 0.199. The second kappa shape index (κ2) is 6.35. The monoisotopic (exact) mass is 293 g/mol. The maximum atomic E-state index is 14.3. The molecule has 2 atom stereocenters. The van der Waals surface area contributed by atoms with E-state index in [1.54, 1.807) is 6.92 Å². The highest BCUT2D eigenvalue weighted by atomic mass is 19.1. The molecule has 1 aliphatic rings. The Labute approximate surface area is 128 Å². The van der Waals surface area contributed by atoms with Crippen LogP contribution < -0.4 is 4.90 Å². The third-order valence-corrected chi connectivity index (χ3v) is 4.75. The van der Waals surface area contributed by atoms with Gasteiger partial charge in [-0.3, -0.25) is 0 Å². The number of anilines is 1. The Balaban J connectivity index is 2.12. The van der Waals surface area contributed by atoms with Crippen molar-refractivity contribution in [3.63, 3.8) is 0 Å². The first-order valence-corrected chi connectivity index (χ1v) is 8.01. The van der Waals surface area contributed by atoms with Crippen LogP contribution in [-0.4, -0.2) is 18.2 Å². The summed E-state index contributed by atoms with van der Waals surface area (Å²) in [6.45, 7) is 10.4. The number of rotatable bonds is 2. The van der Waals surface area contributed by atoms with E-state index in [1.165, 1.54) is 12.5 Å². The van der Waals surface area contributed by atoms with Gasteiger partial charge >= 0.3 is 0 Å². The van der Waals surface area contributed by atoms with Gasteiger partial charge < -0.3 is 10.0 Å². The smallest absolute Gasteiger partial charge is 0.146 e. The first-order chi connectivity index (χ1) is 9.79. The molecule has 1 N–H and O–H groups in total. The van der Waals surface area contributed by atoms with E-state index in [2.05, 4.69) is 25.7 Å². The summed E-state index contributed by atoms with van der Waals surface area (Å²) in [5, 5.41) is 9.54. The van der Waals surface area contributed by atoms with Crippen molar-refractivity contribution in [3.8, 4) is 0 Å². The van der Waals surface area contributed by atoms with Crippen LogP contribution in [0.5, 0.6) is 0 Å². The van der Waals surface area contributed by atoms with Crippen molar-refractivity contribution in [2.24, 2.45) is 11.3 Å². The summed E-state index contributed by atoms with van der Waals surface area (Å²) in [5.74, 6) is 0.477. The van der Waals surface area contributed by atoms with Crippen LogP contribution in [0.4, 0.5) is 10.1 Å². The predicted molar refractivity (Wildman–Crippen MR) is 86.0 cm³/mol. The molecule has 0 spiro atoms. The molecule has 1 unspecified atom stereocenters. The summed E-state index contributed by atoms with van der Waals surface area (Å²) in [7, 11) is 0. The van der Waals surface area contributed by atoms with Gasteiger partial charge in [0.2, 0.25) is 0 Å². The van der Waals surface area contributed by atoms with Gasteiger partial charge in [-0.25, -0.2) is 4.39 Å². The van der Waals surface area contributed by atoms with Crippen LogP contribution in [0.25, 0.3) is 0 Å². The Kier molecular flexibility index (Phi) is 4.92. The van der Waals surface area contributed by atoms with E-state index >= 15 is 0 Å². The fraction of sp³-hybridized carbons (Fsp3) is 0.667. The van der Waals surface area contributed by atoms with E-state index in [0.29, 0.717) is 22.6 Å². The molecule has 0 bridgehead atoms. The van der Waals surface area contributed by atoms with Gasteiger partial charge in [-0.1, -0.05) is 26.8 Å². The summed E-state index contributed by atoms with van der Waals surface area (Å²) < 4.78 is 14.3. The van der Waals surface area contributed by atoms with Gasteiger partial charge in [-0.2, -0.15) is 0 Å². The van der Waals surface area contributed by atoms with Crippen LogP contribution in [0, 0.1) is 17.2 Å². The maximum Gasteiger partial charge on any atom is 0.146 e. The van der Waals surface area contributed by atoms with Crippen molar-refractivity contribution in [2.75, 3.05) is 18.0 Å². The molecule has 1 saturated heterocycles. The van der Waals surface area contributed by atoms with Gasteiger partial charge in [0.1, 0.15) is 5.82 Å². The van der Waals surface area contributed by atoms with E-state index in [9.17, 15) is 9.50 Å². The highest BCUT2D eigenvalue weighted by Crippen LogP contribution is 2.35. The summed E-state index contributed by atoms with van der Waals surface area (Å²) in [6.07, 6.45) is 2.82. The highest BCUT2D eigenvalue weighted by Gasteiger charge is 2.27. The van der Waals surface area contributed by atoms with Crippen molar-refractivity contribution >= 4 is 5.69 Å². The van der Waals surface area contributed by atoms with Crippen molar-refractivity contribution in [1.82, 2.24) is 0 Å². The zero-order valence-corrected chi connectivity index (χ0v) is 13.7. The lowest BCUT2D eigenvalue weighted by Gasteiger charge is -2.30. The Bertz CT molecular complexity index is 479. The molecule has 0 aliphatic carbocycles. The van der Waals surface area contributed by atoms with Gasteiger partial charge in [0.05, 0.1) is 11.8 Å². The van der Waals surface area contributed by atoms with E-state index < -0.39 is 6.10 Å². The molecule has 1 fully saturated rings. The van der Waals surface area contributed by atoms with Gasteiger partial charge in [0.25, 0.3) is 0 Å². The normalized spacial score (nSPS) is 22.0. The van der Waals surface area contributed by atoms with Crippen LogP contribution in [0.3, 0.4) is 0 Å². The molecule has 0 radical (unpaired) electrons. The second-order valence-corrected chi connectivity index (χ2v) is 7.37. The topological polar surface area (TPSA) is 23.5 Å². The van der Waals surface area contributed by atoms with Crippen molar-refractivity contribution in [3.05, 3.63) is 29.6 Å². The third-order valence-electron chi connectivity index (χ3n) is 4.75. The summed E-state index contributed by atoms with van der Waals surface area (Å²) in [4.78, 5) is 2.16. The lowest BCUT2D eigenvalue weighted by atomic mass is 9.77. The Hall–Kier alpha value is -1.09. The number of hydrogen-bond donors (Lipinski definition) is 1. The molecule has 1 aromatic carbocycles. The van der Waals surface area contributed by atoms with Crippen LogP contribution in [0.1, 0.15) is 58.6 Å². The highest BCUT2D eigenvalue weighted by molar-refractivity contribution is 5.49. The van der Waals surface area contributed by atoms with Crippen molar-refractivity contribution in [2.45, 2.75) is 53.1 Å². The molecule has 2 rings (SSSR count). The lowest BCUT2D eigenvalue weighted by Crippen LogP contribution is -2.26. The van der Waals surface area contributed by atoms with Crippen LogP contribution in [-0.2, 0) is 0 Å². The molecule has 2 nitrogen and oxygen atoms in total. The van der Waals surface area contributed by atoms with Gasteiger partial charge in [-0.05, 0) is 55.2 Å². The Morgan fingerprint density at radius 2 is 1.95 bits per heavy atom. The number of benzene rings is 1. The molecule has 0 saturated carbocycles. The molecule has 21 heavy (non-hydrogen) atoms. The zero-order valence-electron chi connectivity index (χ0n) is 13.7. The van der Waals surface area contributed by atoms with Crippen LogP contribution in [0.2, 0.25) is 0 Å². The quantitative estimate of drug-likeness (QED) is 0.866. The third kappa shape index (κ3) is 3.97. The number of aliphatic hydroxyl groups is 1. The molecule has 1 aliphatic heterocycles. The SMILES string of the molecule is C[C@H](O)c1ccc(N2CCCC(C(C)(C)C)CC2)c(F)c1. The summed E-state index contributed by atoms with van der Waals surface area (Å²) >= 11 is 0. The minimum atomic E-state index is -0.622. The van der Waals surface area contributed by atoms with Gasteiger partial charge in [0, 0.05) is 13.1 Å². The molecule has 0 aromatic heterocycles. The maximum absolute atomic E-state index is 14.3. The predicted octanol–water partition coefficient (Wildman–Crippen LogP) is 4.53. The fourth-order valence-electron chi connectivity index (χ4n) is 3.24. The number of hydrogen-bond acceptors (Lipinski definition) is 2. The minimum Gasteiger partial charge on any atom is -0.389 e. The van der Waals surface area contributed by atoms with Gasteiger partial charge in [-0.15, -0.1) is 0 Å². The van der Waals surface area contributed by atoms with E-state index in [4.69, 9.17) is 0 Å². The molecule has 1 heterocycles. The van der Waals surface area contributed by atoms with E-state index in [-0.39, 0.29) is 5.82 Å². The second-order valence-electron chi connectivity index (χ2n) is 7.37. The zero-order chi connectivity index (χ0) is 15.6. The standard InChI is InChI=1S/C18H28FNO/c1-13(21)14-7-8-17(16(19)12-14)20-10-5-6-15(9-11-20)18(2,3)4/h7-8,12-13,15,21H,5-6,9-11H2,1-4H3/t13-,15?/m0/s1. The molecular weight excluding hydrogens is 265 g/mol. The average molecular weight is 293 g/mol. The summed E-state index contributed by atoms with van der Waals surface area (Å²) in [6, 6.07) is 5.11. The van der Waals surface area contributed by atoms with Crippen molar-refractivity contribution < 1.29 is 9.50 Å². The largest absolute Gasteiger partial charge is 0.389 e. The van der Waals surface area contributed by atoms with Crippen LogP contribution in [0.15, 0.2) is 18.2 Å². The molecular formula is C18H28FNO. The molecule has 0 amide bonds. The molecule has 118 valence electrons. The molecule has 1 aromatic rings. The first kappa shape index (κ1) is 16.3. The summed E-state index contributed by atoms with van der Waals surface area (Å²) in [5.41, 5.74) is 1.64. The van der Waals surface area contributed by atoms with E-state index in [0.717, 1.165) is 25.9 Å². The Morgan fingerprint density at radius 1 is 1.24 bits per heavy atom. The average Bonchev–Trinajstić information content (AvgIpc) is 2.63. The first-order valence-electron chi connectivity index (χ1n) is 8.01. The minimum absolute atomic E-state index is 0.220. The van der Waals surface area contributed by atoms with Crippen molar-refractivity contribution in [1.29, 1.82) is 0 Å². The van der Waals surface area contributed by atoms with E-state index in [1.807, 2.05) is 12.1 Å². The molecule has 3 heteroatoms. The Morgan fingerprint density at radius 3 is 2.52 bits per heavy atom. The number of aliphatic hydroxyl groups excluding tert-OH is 1. The number of halogens is 1. The number of nitrogens with zero attached hydrogens (tertiary/aromatic N) is 1. The van der Waals surface area contributed by atoms with Crippen LogP contribution >= 0.6 is 0 Å². The fourth-order valence-corrected chi connectivity index (χ4v) is 3.24. The van der Waals surface area contributed by atoms with Gasteiger partial charge in [0.15, 0.2) is 0 Å².